The van der Waals surface area contributed by atoms with Crippen LogP contribution in [0.4, 0.5) is 5.69 Å². The maximum absolute atomic E-state index is 7.37. The second-order valence-corrected chi connectivity index (χ2v) is 18.4. The maximum Gasteiger partial charge on any atom is 0.136 e. The van der Waals surface area contributed by atoms with E-state index < -0.39 is 0 Å². The molecule has 0 spiro atoms. The van der Waals surface area contributed by atoms with Crippen LogP contribution in [0.3, 0.4) is 0 Å². The van der Waals surface area contributed by atoms with Crippen molar-refractivity contribution in [2.24, 2.45) is 5.73 Å². The van der Waals surface area contributed by atoms with Crippen molar-refractivity contribution in [1.82, 2.24) is 0 Å². The lowest BCUT2D eigenvalue weighted by molar-refractivity contribution is 0.479. The number of amidine groups is 1. The van der Waals surface area contributed by atoms with Crippen molar-refractivity contribution >= 4 is 70.5 Å². The van der Waals surface area contributed by atoms with E-state index in [0.29, 0.717) is 11.3 Å². The van der Waals surface area contributed by atoms with Gasteiger partial charge in [-0.15, -0.1) is 11.3 Å². The minimum absolute atomic E-state index is 0.0265. The number of para-hydroxylation sites is 1. The zero-order valence-corrected chi connectivity index (χ0v) is 39.3. The first-order valence-corrected chi connectivity index (χ1v) is 23.9. The molecule has 3 heterocycles. The van der Waals surface area contributed by atoms with Gasteiger partial charge in [0.1, 0.15) is 22.8 Å². The summed E-state index contributed by atoms with van der Waals surface area (Å²) < 4.78 is 14.5. The Morgan fingerprint density at radius 1 is 0.609 bits per heavy atom. The Kier molecular flexibility index (Phi) is 12.7. The smallest absolute Gasteiger partial charge is 0.136 e. The monoisotopic (exact) mass is 913 g/mol. The van der Waals surface area contributed by atoms with Gasteiger partial charge in [0.15, 0.2) is 0 Å². The van der Waals surface area contributed by atoms with Crippen molar-refractivity contribution in [1.29, 1.82) is 5.41 Å². The van der Waals surface area contributed by atoms with E-state index in [0.717, 1.165) is 33.4 Å². The van der Waals surface area contributed by atoms with Crippen LogP contribution in [0.2, 0.25) is 0 Å². The van der Waals surface area contributed by atoms with E-state index in [9.17, 15) is 0 Å². The largest absolute Gasteiger partial charge is 0.464 e. The van der Waals surface area contributed by atoms with Crippen molar-refractivity contribution in [3.63, 3.8) is 0 Å². The summed E-state index contributed by atoms with van der Waals surface area (Å²) in [6.07, 6.45) is 16.0. The molecule has 1 aliphatic heterocycles. The molecule has 2 aromatic heterocycles. The van der Waals surface area contributed by atoms with Crippen LogP contribution in [0.25, 0.3) is 69.9 Å². The van der Waals surface area contributed by atoms with Gasteiger partial charge in [-0.25, -0.2) is 0 Å². The lowest BCUT2D eigenvalue weighted by Crippen LogP contribution is -2.25. The van der Waals surface area contributed by atoms with Gasteiger partial charge in [-0.05, 0) is 120 Å². The van der Waals surface area contributed by atoms with Crippen LogP contribution >= 0.6 is 11.3 Å². The van der Waals surface area contributed by atoms with Crippen LogP contribution in [0.1, 0.15) is 33.7 Å². The number of nitrogens with two attached hydrogens (primary N) is 1. The van der Waals surface area contributed by atoms with E-state index in [1.165, 1.54) is 64.5 Å². The van der Waals surface area contributed by atoms with Crippen LogP contribution in [0.15, 0.2) is 236 Å². The fourth-order valence-electron chi connectivity index (χ4n) is 9.14. The second-order valence-electron chi connectivity index (χ2n) is 17.3. The van der Waals surface area contributed by atoms with E-state index in [4.69, 9.17) is 20.3 Å². The Labute approximate surface area is 407 Å². The Hall–Kier alpha value is -8.45. The van der Waals surface area contributed by atoms with Crippen LogP contribution in [0.5, 0.6) is 5.75 Å². The molecule has 0 bridgehead atoms. The summed E-state index contributed by atoms with van der Waals surface area (Å²) >= 11 is 1.87. The Balaban J connectivity index is 0.000000197. The van der Waals surface area contributed by atoms with Gasteiger partial charge >= 0.3 is 0 Å². The van der Waals surface area contributed by atoms with Gasteiger partial charge in [0.2, 0.25) is 0 Å². The molecule has 0 radical (unpaired) electrons. The minimum atomic E-state index is 0.0265. The first-order chi connectivity index (χ1) is 33.8. The number of furan rings is 1. The molecule has 0 saturated heterocycles. The zero-order valence-electron chi connectivity index (χ0n) is 38.5. The van der Waals surface area contributed by atoms with Crippen molar-refractivity contribution in [3.8, 4) is 28.0 Å². The number of allylic oxidation sites excluding steroid dienone is 6. The quantitative estimate of drug-likeness (QED) is 0.115. The van der Waals surface area contributed by atoms with Gasteiger partial charge in [-0.1, -0.05) is 164 Å². The number of hydrogen-bond donors (Lipinski definition) is 3. The topological polar surface area (TPSA) is 84.3 Å². The SMILES string of the molecule is C=C1/C=C\C=C/Oc2cc(C(=N)N)ccc21.Cc1cccc2sc3ccc(-c4cccc5oc6ccc(-c7cccc(C8C=CC=CC8Nc8ccccc8)c7)cc6c45)cc3c12.Cc1ccccc1. The summed E-state index contributed by atoms with van der Waals surface area (Å²) in [6.45, 7) is 8.24. The average Bonchev–Trinajstić information content (AvgIpc) is 3.95. The van der Waals surface area contributed by atoms with E-state index >= 15 is 0 Å². The number of rotatable bonds is 6. The maximum atomic E-state index is 7.37. The summed E-state index contributed by atoms with van der Waals surface area (Å²) in [5.74, 6) is 0.916. The van der Waals surface area contributed by atoms with E-state index in [-0.39, 0.29) is 17.8 Å². The number of benzene rings is 8. The summed E-state index contributed by atoms with van der Waals surface area (Å²) in [7, 11) is 0. The van der Waals surface area contributed by atoms with E-state index in [1.807, 2.05) is 47.8 Å². The lowest BCUT2D eigenvalue weighted by atomic mass is 9.86. The second kappa shape index (κ2) is 19.8. The molecule has 10 aromatic rings. The number of aryl methyl sites for hydroxylation is 2. The lowest BCUT2D eigenvalue weighted by Gasteiger charge is -2.27. The summed E-state index contributed by atoms with van der Waals surface area (Å²) in [5.41, 5.74) is 19.5. The number of anilines is 1. The van der Waals surface area contributed by atoms with Gasteiger partial charge < -0.3 is 20.2 Å². The van der Waals surface area contributed by atoms with Gasteiger partial charge in [-0.3, -0.25) is 5.41 Å². The molecule has 8 aromatic carbocycles. The summed E-state index contributed by atoms with van der Waals surface area (Å²) in [6, 6.07) is 61.8. The fourth-order valence-corrected chi connectivity index (χ4v) is 10.3. The highest BCUT2D eigenvalue weighted by atomic mass is 32.1. The Morgan fingerprint density at radius 3 is 2.17 bits per heavy atom. The molecule has 0 amide bonds. The average molecular weight is 914 g/mol. The molecule has 2 aliphatic rings. The molecule has 1 aliphatic carbocycles. The Morgan fingerprint density at radius 2 is 1.36 bits per heavy atom. The van der Waals surface area contributed by atoms with Gasteiger partial charge in [0, 0.05) is 53.7 Å². The van der Waals surface area contributed by atoms with Crippen LogP contribution < -0.4 is 15.8 Å². The zero-order chi connectivity index (χ0) is 47.3. The van der Waals surface area contributed by atoms with E-state index in [1.54, 1.807) is 24.5 Å². The predicted octanol–water partition coefficient (Wildman–Crippen LogP) is 16.7. The number of hydrogen-bond acceptors (Lipinski definition) is 5. The van der Waals surface area contributed by atoms with E-state index in [2.05, 4.69) is 190 Å². The first kappa shape index (κ1) is 44.4. The normalized spacial score (nSPS) is 15.8. The molecule has 12 rings (SSSR count). The fraction of sp³-hybridized carbons (Fsp3) is 0.0635. The number of nitrogens with one attached hydrogen (secondary N) is 2. The Bertz CT molecular complexity index is 3650. The van der Waals surface area contributed by atoms with Crippen LogP contribution in [0, 0.1) is 19.3 Å². The van der Waals surface area contributed by atoms with Gasteiger partial charge in [0.25, 0.3) is 0 Å². The summed E-state index contributed by atoms with van der Waals surface area (Å²) in [4.78, 5) is 0. The van der Waals surface area contributed by atoms with Gasteiger partial charge in [0.05, 0.1) is 12.3 Å². The number of ether oxygens (including phenoxy) is 1. The molecular weight excluding hydrogens is 863 g/mol. The van der Waals surface area contributed by atoms with Crippen molar-refractivity contribution in [2.75, 3.05) is 5.32 Å². The molecule has 4 N–H and O–H groups in total. The third-order valence-electron chi connectivity index (χ3n) is 12.6. The number of thiophene rings is 1. The highest BCUT2D eigenvalue weighted by Crippen LogP contribution is 2.42. The molecule has 336 valence electrons. The molecule has 0 fully saturated rings. The predicted molar refractivity (Wildman–Crippen MR) is 294 cm³/mol. The highest BCUT2D eigenvalue weighted by molar-refractivity contribution is 7.25. The van der Waals surface area contributed by atoms with Crippen molar-refractivity contribution in [3.05, 3.63) is 259 Å². The first-order valence-electron chi connectivity index (χ1n) is 23.1. The molecule has 0 saturated carbocycles. The molecule has 2 atom stereocenters. The third-order valence-corrected chi connectivity index (χ3v) is 13.8. The number of fused-ring (bicyclic) bond motifs is 7. The van der Waals surface area contributed by atoms with Gasteiger partial charge in [-0.2, -0.15) is 0 Å². The molecule has 5 nitrogen and oxygen atoms in total. The molecule has 2 unspecified atom stereocenters. The highest BCUT2D eigenvalue weighted by Gasteiger charge is 2.22. The number of nitrogen functional groups attached to an aromatic ring is 1. The van der Waals surface area contributed by atoms with Crippen LogP contribution in [-0.4, -0.2) is 11.9 Å². The van der Waals surface area contributed by atoms with Crippen LogP contribution in [-0.2, 0) is 0 Å². The molecule has 6 heteroatoms. The third kappa shape index (κ3) is 9.57. The van der Waals surface area contributed by atoms with Crippen molar-refractivity contribution in [2.45, 2.75) is 25.8 Å². The van der Waals surface area contributed by atoms with Crippen molar-refractivity contribution < 1.29 is 9.15 Å². The summed E-state index contributed by atoms with van der Waals surface area (Å²) in [5, 5.41) is 16.1. The molecule has 69 heavy (non-hydrogen) atoms. The standard InChI is InChI=1S/C43H31NOS.C13H12N2O.C7H8/c1-27-10-7-19-41-42(27)36-26-31(21-23-40(36)46-41)34-16-9-18-39-43(34)35-25-29(20-22-38(35)45-39)28-11-8-12-30(24-28)33-15-5-6-17-37(33)44-32-13-3-2-4-14-32;1-9-4-2-3-7-16-12-8-10(13(14)15)5-6-11(9)12;1-7-5-3-2-4-6-7/h2-26,33,37,44H,1H3;2-8H,1H2,(H3,14,15);2-6H,1H3/b;4-2-,7-3-;. The minimum Gasteiger partial charge on any atom is -0.464 e. The molecular formula is C63H51N3O2S.